The van der Waals surface area contributed by atoms with Crippen LogP contribution in [0.3, 0.4) is 0 Å². The van der Waals surface area contributed by atoms with Crippen LogP contribution in [0.2, 0.25) is 0 Å². The summed E-state index contributed by atoms with van der Waals surface area (Å²) in [5.41, 5.74) is 7.99. The van der Waals surface area contributed by atoms with Crippen molar-refractivity contribution in [2.75, 3.05) is 11.9 Å². The van der Waals surface area contributed by atoms with Crippen molar-refractivity contribution in [2.45, 2.75) is 39.2 Å². The number of nitrogens with two attached hydrogens (primary N) is 2. The maximum atomic E-state index is 13.2. The molecule has 3 rings (SSSR count). The molecule has 1 heterocycles. The van der Waals surface area contributed by atoms with E-state index in [1.165, 1.54) is 23.5 Å². The SMILES string of the molecule is CC(C)[C@H]([NH2+]CC(=O)Nc1sc2c(c1C(N)=O)CCC2)c1ccc(F)cc1. The Morgan fingerprint density at radius 2 is 1.96 bits per heavy atom. The number of amides is 2. The molecular weight excluding hydrogens is 365 g/mol. The molecule has 144 valence electrons. The van der Waals surface area contributed by atoms with Gasteiger partial charge in [0.15, 0.2) is 6.54 Å². The molecule has 0 fully saturated rings. The molecule has 2 aromatic rings. The van der Waals surface area contributed by atoms with Crippen LogP contribution in [0.15, 0.2) is 24.3 Å². The largest absolute Gasteiger partial charge is 0.365 e. The van der Waals surface area contributed by atoms with Gasteiger partial charge in [-0.25, -0.2) is 4.39 Å². The van der Waals surface area contributed by atoms with E-state index in [-0.39, 0.29) is 30.2 Å². The van der Waals surface area contributed by atoms with Crippen LogP contribution in [0.25, 0.3) is 0 Å². The number of hydrogen-bond donors (Lipinski definition) is 3. The fourth-order valence-corrected chi connectivity index (χ4v) is 4.95. The standard InChI is InChI=1S/C20H24FN3O2S/c1-11(2)18(12-6-8-13(21)9-7-12)23-10-16(25)24-20-17(19(22)26)14-4-3-5-15(14)27-20/h6-9,11,18,23H,3-5,10H2,1-2H3,(H2,22,26)(H,24,25)/p+1/t18-/m0/s1. The van der Waals surface area contributed by atoms with E-state index in [1.807, 2.05) is 5.32 Å². The first-order chi connectivity index (χ1) is 12.9. The van der Waals surface area contributed by atoms with Crippen molar-refractivity contribution in [3.63, 3.8) is 0 Å². The van der Waals surface area contributed by atoms with Gasteiger partial charge < -0.3 is 16.4 Å². The molecule has 1 aromatic heterocycles. The number of thiophene rings is 1. The molecule has 2 amide bonds. The van der Waals surface area contributed by atoms with E-state index in [2.05, 4.69) is 19.2 Å². The number of halogens is 1. The maximum Gasteiger partial charge on any atom is 0.280 e. The lowest BCUT2D eigenvalue weighted by atomic mass is 9.96. The summed E-state index contributed by atoms with van der Waals surface area (Å²) in [6.07, 6.45) is 2.80. The summed E-state index contributed by atoms with van der Waals surface area (Å²) in [6, 6.07) is 6.42. The first-order valence-corrected chi connectivity index (χ1v) is 10.0. The van der Waals surface area contributed by atoms with Gasteiger partial charge in [-0.3, -0.25) is 9.59 Å². The van der Waals surface area contributed by atoms with Gasteiger partial charge in [0.25, 0.3) is 11.8 Å². The molecule has 0 saturated carbocycles. The monoisotopic (exact) mass is 390 g/mol. The molecule has 1 aliphatic carbocycles. The summed E-state index contributed by atoms with van der Waals surface area (Å²) in [7, 11) is 0. The number of fused-ring (bicyclic) bond motifs is 1. The third-order valence-corrected chi connectivity index (χ3v) is 6.16. The van der Waals surface area contributed by atoms with Gasteiger partial charge in [0, 0.05) is 16.4 Å². The number of hydrogen-bond acceptors (Lipinski definition) is 3. The van der Waals surface area contributed by atoms with Crippen molar-refractivity contribution in [3.05, 3.63) is 51.7 Å². The molecule has 5 N–H and O–H groups in total. The van der Waals surface area contributed by atoms with Crippen LogP contribution in [0, 0.1) is 11.7 Å². The minimum absolute atomic E-state index is 0.0419. The van der Waals surface area contributed by atoms with Crippen molar-refractivity contribution < 1.29 is 19.3 Å². The number of rotatable bonds is 7. The fraction of sp³-hybridized carbons (Fsp3) is 0.400. The molecule has 5 nitrogen and oxygen atoms in total. The van der Waals surface area contributed by atoms with Gasteiger partial charge in [-0.05, 0) is 37.0 Å². The maximum absolute atomic E-state index is 13.2. The van der Waals surface area contributed by atoms with Gasteiger partial charge in [-0.1, -0.05) is 26.0 Å². The van der Waals surface area contributed by atoms with E-state index in [0.29, 0.717) is 10.6 Å². The molecule has 1 aromatic carbocycles. The Morgan fingerprint density at radius 3 is 2.59 bits per heavy atom. The highest BCUT2D eigenvalue weighted by Crippen LogP contribution is 2.38. The summed E-state index contributed by atoms with van der Waals surface area (Å²) in [5.74, 6) is -0.663. The molecule has 27 heavy (non-hydrogen) atoms. The average Bonchev–Trinajstić information content (AvgIpc) is 3.16. The number of aryl methyl sites for hydroxylation is 1. The highest BCUT2D eigenvalue weighted by atomic mass is 32.1. The molecule has 0 saturated heterocycles. The van der Waals surface area contributed by atoms with Gasteiger partial charge in [-0.15, -0.1) is 11.3 Å². The Balaban J connectivity index is 1.67. The number of carbonyl (C=O) groups excluding carboxylic acids is 2. The first kappa shape index (κ1) is 19.5. The molecule has 0 unspecified atom stereocenters. The normalized spacial score (nSPS) is 14.2. The molecular formula is C20H25FN3O2S+. The zero-order valence-electron chi connectivity index (χ0n) is 15.5. The third kappa shape index (κ3) is 4.36. The Bertz CT molecular complexity index is 846. The van der Waals surface area contributed by atoms with Crippen LogP contribution < -0.4 is 16.4 Å². The zero-order chi connectivity index (χ0) is 19.6. The predicted octanol–water partition coefficient (Wildman–Crippen LogP) is 2.37. The van der Waals surface area contributed by atoms with E-state index in [4.69, 9.17) is 5.73 Å². The van der Waals surface area contributed by atoms with E-state index in [9.17, 15) is 14.0 Å². The molecule has 0 spiro atoms. The molecule has 7 heteroatoms. The number of nitrogens with one attached hydrogen (secondary N) is 1. The van der Waals surface area contributed by atoms with Crippen LogP contribution in [-0.2, 0) is 17.6 Å². The summed E-state index contributed by atoms with van der Waals surface area (Å²) in [5, 5.41) is 5.37. The summed E-state index contributed by atoms with van der Waals surface area (Å²) < 4.78 is 13.2. The van der Waals surface area contributed by atoms with Crippen molar-refractivity contribution in [3.8, 4) is 0 Å². The Kier molecular flexibility index (Phi) is 5.92. The Hall–Kier alpha value is -2.25. The molecule has 0 aliphatic heterocycles. The summed E-state index contributed by atoms with van der Waals surface area (Å²) in [6.45, 7) is 4.34. The first-order valence-electron chi connectivity index (χ1n) is 9.19. The second-order valence-corrected chi connectivity index (χ2v) is 8.34. The van der Waals surface area contributed by atoms with Crippen molar-refractivity contribution in [2.24, 2.45) is 11.7 Å². The molecule has 0 bridgehead atoms. The number of quaternary nitrogens is 1. The van der Waals surface area contributed by atoms with Gasteiger partial charge in [-0.2, -0.15) is 0 Å². The lowest BCUT2D eigenvalue weighted by Crippen LogP contribution is -2.88. The minimum atomic E-state index is -0.486. The van der Waals surface area contributed by atoms with Crippen LogP contribution in [0.4, 0.5) is 9.39 Å². The molecule has 1 aliphatic rings. The van der Waals surface area contributed by atoms with Crippen molar-refractivity contribution >= 4 is 28.2 Å². The smallest absolute Gasteiger partial charge is 0.280 e. The van der Waals surface area contributed by atoms with Gasteiger partial charge in [0.1, 0.15) is 16.9 Å². The van der Waals surface area contributed by atoms with Crippen LogP contribution >= 0.6 is 11.3 Å². The molecule has 0 radical (unpaired) electrons. The second kappa shape index (κ2) is 8.19. The van der Waals surface area contributed by atoms with E-state index in [1.54, 1.807) is 12.1 Å². The third-order valence-electron chi connectivity index (χ3n) is 4.95. The summed E-state index contributed by atoms with van der Waals surface area (Å²) in [4.78, 5) is 25.5. The van der Waals surface area contributed by atoms with Crippen molar-refractivity contribution in [1.82, 2.24) is 0 Å². The Labute approximate surface area is 162 Å². The van der Waals surface area contributed by atoms with Gasteiger partial charge in [0.2, 0.25) is 0 Å². The number of benzene rings is 1. The average molecular weight is 391 g/mol. The highest BCUT2D eigenvalue weighted by molar-refractivity contribution is 7.17. The Morgan fingerprint density at radius 1 is 1.26 bits per heavy atom. The van der Waals surface area contributed by atoms with Gasteiger partial charge >= 0.3 is 0 Å². The highest BCUT2D eigenvalue weighted by Gasteiger charge is 2.27. The fourth-order valence-electron chi connectivity index (χ4n) is 3.64. The quantitative estimate of drug-likeness (QED) is 0.678. The topological polar surface area (TPSA) is 88.8 Å². The minimum Gasteiger partial charge on any atom is -0.365 e. The van der Waals surface area contributed by atoms with Crippen LogP contribution in [-0.4, -0.2) is 18.4 Å². The molecule has 1 atom stereocenters. The second-order valence-electron chi connectivity index (χ2n) is 7.24. The number of anilines is 1. The number of primary amides is 1. The van der Waals surface area contributed by atoms with Crippen molar-refractivity contribution in [1.29, 1.82) is 0 Å². The predicted molar refractivity (Wildman–Crippen MR) is 104 cm³/mol. The van der Waals surface area contributed by atoms with E-state index >= 15 is 0 Å². The van der Waals surface area contributed by atoms with E-state index in [0.717, 1.165) is 35.3 Å². The zero-order valence-corrected chi connectivity index (χ0v) is 16.4. The van der Waals surface area contributed by atoms with Crippen LogP contribution in [0.1, 0.15) is 52.7 Å². The van der Waals surface area contributed by atoms with Gasteiger partial charge in [0.05, 0.1) is 5.56 Å². The summed E-state index contributed by atoms with van der Waals surface area (Å²) >= 11 is 1.46. The lowest BCUT2D eigenvalue weighted by molar-refractivity contribution is -0.692. The lowest BCUT2D eigenvalue weighted by Gasteiger charge is -2.19. The number of carbonyl (C=O) groups is 2. The van der Waals surface area contributed by atoms with E-state index < -0.39 is 5.91 Å². The van der Waals surface area contributed by atoms with Crippen LogP contribution in [0.5, 0.6) is 0 Å².